The van der Waals surface area contributed by atoms with Crippen molar-refractivity contribution >= 4 is 27.9 Å². The molecular formula is C24H22N6. The second-order valence-corrected chi connectivity index (χ2v) is 7.33. The third kappa shape index (κ3) is 3.16. The summed E-state index contributed by atoms with van der Waals surface area (Å²) in [5.74, 6) is 0.741. The number of anilines is 1. The molecule has 148 valence electrons. The summed E-state index contributed by atoms with van der Waals surface area (Å²) in [5, 5.41) is 3.57. The van der Waals surface area contributed by atoms with Gasteiger partial charge in [0.05, 0.1) is 40.3 Å². The molecule has 3 aromatic heterocycles. The number of nitrogens with one attached hydrogen (secondary N) is 2. The summed E-state index contributed by atoms with van der Waals surface area (Å²) >= 11 is 0. The monoisotopic (exact) mass is 394 g/mol. The van der Waals surface area contributed by atoms with Crippen molar-refractivity contribution in [2.24, 2.45) is 0 Å². The first-order valence-electron chi connectivity index (χ1n) is 10.1. The van der Waals surface area contributed by atoms with Gasteiger partial charge in [-0.05, 0) is 31.0 Å². The van der Waals surface area contributed by atoms with Gasteiger partial charge in [-0.3, -0.25) is 0 Å². The quantitative estimate of drug-likeness (QED) is 0.415. The molecule has 0 saturated heterocycles. The van der Waals surface area contributed by atoms with E-state index in [1.54, 1.807) is 12.5 Å². The molecule has 1 atom stereocenters. The number of fused-ring (bicyclic) bond motifs is 2. The van der Waals surface area contributed by atoms with Gasteiger partial charge in [-0.15, -0.1) is 0 Å². The SMILES string of the molecule is CCC(Nc1nccc2[nH]cnc12)c1nc2cccc(C)c2nc1-c1ccccc1. The predicted octanol–water partition coefficient (Wildman–Crippen LogP) is 5.44. The van der Waals surface area contributed by atoms with Crippen molar-refractivity contribution in [3.63, 3.8) is 0 Å². The van der Waals surface area contributed by atoms with Crippen molar-refractivity contribution in [2.75, 3.05) is 5.32 Å². The fourth-order valence-corrected chi connectivity index (χ4v) is 3.78. The molecule has 2 aromatic carbocycles. The maximum Gasteiger partial charge on any atom is 0.154 e. The lowest BCUT2D eigenvalue weighted by molar-refractivity contribution is 0.722. The molecule has 0 fully saturated rings. The third-order valence-corrected chi connectivity index (χ3v) is 5.36. The maximum atomic E-state index is 5.07. The number of imidazole rings is 1. The zero-order valence-corrected chi connectivity index (χ0v) is 16.9. The van der Waals surface area contributed by atoms with Crippen molar-refractivity contribution in [2.45, 2.75) is 26.3 Å². The Morgan fingerprint density at radius 3 is 2.63 bits per heavy atom. The number of hydrogen-bond acceptors (Lipinski definition) is 5. The smallest absolute Gasteiger partial charge is 0.154 e. The number of H-pyrrole nitrogens is 1. The Kier molecular flexibility index (Phi) is 4.59. The van der Waals surface area contributed by atoms with Crippen LogP contribution in [0.1, 0.15) is 30.6 Å². The van der Waals surface area contributed by atoms with E-state index < -0.39 is 0 Å². The lowest BCUT2D eigenvalue weighted by Crippen LogP contribution is -2.15. The van der Waals surface area contributed by atoms with E-state index in [4.69, 9.17) is 9.97 Å². The van der Waals surface area contributed by atoms with E-state index in [0.29, 0.717) is 0 Å². The first kappa shape index (κ1) is 18.2. The Hall–Kier alpha value is -3.80. The number of rotatable bonds is 5. The highest BCUT2D eigenvalue weighted by Gasteiger charge is 2.21. The fourth-order valence-electron chi connectivity index (χ4n) is 3.78. The van der Waals surface area contributed by atoms with Crippen molar-refractivity contribution < 1.29 is 0 Å². The second kappa shape index (κ2) is 7.55. The van der Waals surface area contributed by atoms with E-state index in [1.165, 1.54) is 0 Å². The lowest BCUT2D eigenvalue weighted by atomic mass is 10.0. The molecule has 2 N–H and O–H groups in total. The van der Waals surface area contributed by atoms with Crippen LogP contribution in [-0.2, 0) is 0 Å². The van der Waals surface area contributed by atoms with E-state index in [0.717, 1.165) is 56.8 Å². The molecule has 6 nitrogen and oxygen atoms in total. The highest BCUT2D eigenvalue weighted by Crippen LogP contribution is 2.32. The molecule has 5 rings (SSSR count). The van der Waals surface area contributed by atoms with Crippen LogP contribution < -0.4 is 5.32 Å². The maximum absolute atomic E-state index is 5.07. The number of para-hydroxylation sites is 1. The predicted molar refractivity (Wildman–Crippen MR) is 120 cm³/mol. The van der Waals surface area contributed by atoms with Gasteiger partial charge in [0.25, 0.3) is 0 Å². The van der Waals surface area contributed by atoms with Crippen molar-refractivity contribution in [3.8, 4) is 11.3 Å². The molecule has 0 radical (unpaired) electrons. The Bertz CT molecular complexity index is 1330. The van der Waals surface area contributed by atoms with Gasteiger partial charge in [-0.1, -0.05) is 49.4 Å². The summed E-state index contributed by atoms with van der Waals surface area (Å²) in [6, 6.07) is 18.2. The van der Waals surface area contributed by atoms with Gasteiger partial charge in [0.1, 0.15) is 5.52 Å². The van der Waals surface area contributed by atoms with Crippen LogP contribution in [-0.4, -0.2) is 24.9 Å². The van der Waals surface area contributed by atoms with Gasteiger partial charge in [-0.2, -0.15) is 0 Å². The molecule has 0 spiro atoms. The van der Waals surface area contributed by atoms with Crippen molar-refractivity contribution in [1.82, 2.24) is 24.9 Å². The molecule has 0 bridgehead atoms. The summed E-state index contributed by atoms with van der Waals surface area (Å²) in [6.07, 6.45) is 4.30. The van der Waals surface area contributed by atoms with Crippen LogP contribution >= 0.6 is 0 Å². The van der Waals surface area contributed by atoms with Gasteiger partial charge in [0.2, 0.25) is 0 Å². The van der Waals surface area contributed by atoms with Crippen LogP contribution in [0.5, 0.6) is 0 Å². The summed E-state index contributed by atoms with van der Waals surface area (Å²) in [4.78, 5) is 22.2. The van der Waals surface area contributed by atoms with Crippen LogP contribution in [0.3, 0.4) is 0 Å². The molecule has 5 aromatic rings. The van der Waals surface area contributed by atoms with Crippen molar-refractivity contribution in [3.05, 3.63) is 78.4 Å². The molecule has 6 heteroatoms. The fraction of sp³-hybridized carbons (Fsp3) is 0.167. The van der Waals surface area contributed by atoms with Crippen LogP contribution in [0.25, 0.3) is 33.3 Å². The minimum Gasteiger partial charge on any atom is -0.360 e. The topological polar surface area (TPSA) is 79.4 Å². The van der Waals surface area contributed by atoms with Gasteiger partial charge in [-0.25, -0.2) is 19.9 Å². The average molecular weight is 394 g/mol. The average Bonchev–Trinajstić information content (AvgIpc) is 3.27. The number of benzene rings is 2. The zero-order valence-electron chi connectivity index (χ0n) is 16.9. The number of pyridine rings is 1. The minimum atomic E-state index is -0.0626. The van der Waals surface area contributed by atoms with Crippen molar-refractivity contribution in [1.29, 1.82) is 0 Å². The van der Waals surface area contributed by atoms with Gasteiger partial charge in [0.15, 0.2) is 5.82 Å². The lowest BCUT2D eigenvalue weighted by Gasteiger charge is -2.21. The molecule has 0 aliphatic rings. The van der Waals surface area contributed by atoms with Crippen LogP contribution in [0.15, 0.2) is 67.1 Å². The van der Waals surface area contributed by atoms with Gasteiger partial charge in [0, 0.05) is 11.8 Å². The Labute approximate surface area is 174 Å². The number of hydrogen-bond donors (Lipinski definition) is 2. The van der Waals surface area contributed by atoms with E-state index in [9.17, 15) is 0 Å². The first-order chi connectivity index (χ1) is 14.7. The summed E-state index contributed by atoms with van der Waals surface area (Å²) < 4.78 is 0. The highest BCUT2D eigenvalue weighted by atomic mass is 15.1. The van der Waals surface area contributed by atoms with E-state index >= 15 is 0 Å². The molecule has 0 aliphatic carbocycles. The van der Waals surface area contributed by atoms with Crippen LogP contribution in [0.4, 0.5) is 5.82 Å². The van der Waals surface area contributed by atoms with E-state index in [-0.39, 0.29) is 6.04 Å². The standard InChI is InChI=1S/C24H22N6/c1-3-17(29-24-23-18(12-13-25-24)26-14-27-23)22-21(16-9-5-4-6-10-16)30-20-15(2)8-7-11-19(20)28-22/h4-14,17H,3H2,1-2H3,(H,25,29)(H,26,27). The Morgan fingerprint density at radius 2 is 1.80 bits per heavy atom. The second-order valence-electron chi connectivity index (χ2n) is 7.33. The normalized spacial score (nSPS) is 12.3. The van der Waals surface area contributed by atoms with Gasteiger partial charge >= 0.3 is 0 Å². The molecular weight excluding hydrogens is 372 g/mol. The van der Waals surface area contributed by atoms with Crippen LogP contribution in [0, 0.1) is 6.92 Å². The molecule has 0 aliphatic heterocycles. The molecule has 0 saturated carbocycles. The number of aryl methyl sites for hydroxylation is 1. The summed E-state index contributed by atoms with van der Waals surface area (Å²) in [5.41, 5.74) is 7.58. The molecule has 30 heavy (non-hydrogen) atoms. The third-order valence-electron chi connectivity index (χ3n) is 5.36. The van der Waals surface area contributed by atoms with Gasteiger partial charge < -0.3 is 10.3 Å². The minimum absolute atomic E-state index is 0.0626. The number of nitrogens with zero attached hydrogens (tertiary/aromatic N) is 4. The number of aromatic amines is 1. The molecule has 3 heterocycles. The Balaban J connectivity index is 1.68. The van der Waals surface area contributed by atoms with Crippen LogP contribution in [0.2, 0.25) is 0 Å². The van der Waals surface area contributed by atoms with E-state index in [1.807, 2.05) is 36.4 Å². The summed E-state index contributed by atoms with van der Waals surface area (Å²) in [6.45, 7) is 4.21. The Morgan fingerprint density at radius 1 is 0.933 bits per heavy atom. The zero-order chi connectivity index (χ0) is 20.5. The highest BCUT2D eigenvalue weighted by molar-refractivity contribution is 5.86. The summed E-state index contributed by atoms with van der Waals surface area (Å²) in [7, 11) is 0. The largest absolute Gasteiger partial charge is 0.360 e. The molecule has 0 amide bonds. The number of aromatic nitrogens is 5. The van der Waals surface area contributed by atoms with E-state index in [2.05, 4.69) is 52.3 Å². The molecule has 1 unspecified atom stereocenters. The first-order valence-corrected chi connectivity index (χ1v) is 10.1.